The number of nitrogens with one attached hydrogen (secondary N) is 2. The summed E-state index contributed by atoms with van der Waals surface area (Å²) >= 11 is 0. The monoisotopic (exact) mass is 366 g/mol. The summed E-state index contributed by atoms with van der Waals surface area (Å²) in [5.74, 6) is 0.901. The molecule has 0 radical (unpaired) electrons. The molecule has 0 aromatic heterocycles. The summed E-state index contributed by atoms with van der Waals surface area (Å²) in [7, 11) is 0. The summed E-state index contributed by atoms with van der Waals surface area (Å²) < 4.78 is 0. The summed E-state index contributed by atoms with van der Waals surface area (Å²) in [5, 5.41) is 7.56. The molecule has 0 aromatic rings. The van der Waals surface area contributed by atoms with Gasteiger partial charge in [-0.1, -0.05) is 0 Å². The Kier molecular flexibility index (Phi) is 8.85. The Morgan fingerprint density at radius 3 is 1.92 bits per heavy atom. The van der Waals surface area contributed by atoms with Crippen LogP contribution in [-0.4, -0.2) is 72.7 Å². The van der Waals surface area contributed by atoms with Crippen LogP contribution in [0.4, 0.5) is 0 Å². The molecule has 2 aliphatic heterocycles. The van der Waals surface area contributed by atoms with Crippen molar-refractivity contribution in [1.29, 1.82) is 0 Å². The van der Waals surface area contributed by atoms with Crippen LogP contribution in [0, 0.1) is 5.92 Å². The predicted molar refractivity (Wildman–Crippen MR) is 114 cm³/mol. The van der Waals surface area contributed by atoms with Gasteiger partial charge in [0, 0.05) is 36.8 Å². The zero-order chi connectivity index (χ0) is 19.2. The molecule has 4 nitrogen and oxygen atoms in total. The molecule has 0 amide bonds. The Balaban J connectivity index is 1.60. The van der Waals surface area contributed by atoms with Gasteiger partial charge in [0.1, 0.15) is 0 Å². The molecule has 2 aliphatic rings. The van der Waals surface area contributed by atoms with Crippen molar-refractivity contribution >= 4 is 0 Å². The maximum Gasteiger partial charge on any atom is 0.0171 e. The third-order valence-corrected chi connectivity index (χ3v) is 5.91. The van der Waals surface area contributed by atoms with Gasteiger partial charge in [-0.15, -0.1) is 0 Å². The van der Waals surface area contributed by atoms with E-state index in [4.69, 9.17) is 0 Å². The average molecular weight is 367 g/mol. The molecule has 2 heterocycles. The van der Waals surface area contributed by atoms with Crippen molar-refractivity contribution in [3.63, 3.8) is 0 Å². The Morgan fingerprint density at radius 1 is 0.808 bits per heavy atom. The van der Waals surface area contributed by atoms with Gasteiger partial charge in [-0.2, -0.15) is 0 Å². The van der Waals surface area contributed by atoms with Gasteiger partial charge in [0.15, 0.2) is 0 Å². The van der Waals surface area contributed by atoms with Crippen LogP contribution in [0.5, 0.6) is 0 Å². The van der Waals surface area contributed by atoms with Gasteiger partial charge in [-0.05, 0) is 106 Å². The van der Waals surface area contributed by atoms with E-state index in [-0.39, 0.29) is 5.54 Å². The van der Waals surface area contributed by atoms with Gasteiger partial charge < -0.3 is 20.4 Å². The average Bonchev–Trinajstić information content (AvgIpc) is 2.99. The molecule has 2 N–H and O–H groups in total. The Labute approximate surface area is 163 Å². The molecular formula is C22H46N4. The smallest absolute Gasteiger partial charge is 0.0171 e. The fraction of sp³-hybridized carbons (Fsp3) is 1.00. The lowest BCUT2D eigenvalue weighted by molar-refractivity contribution is 0.152. The van der Waals surface area contributed by atoms with Crippen molar-refractivity contribution in [2.45, 2.75) is 97.3 Å². The van der Waals surface area contributed by atoms with Crippen molar-refractivity contribution in [3.8, 4) is 0 Å². The van der Waals surface area contributed by atoms with Crippen LogP contribution in [0.1, 0.15) is 73.6 Å². The van der Waals surface area contributed by atoms with E-state index < -0.39 is 0 Å². The molecule has 2 fully saturated rings. The number of likely N-dealkylation sites (tertiary alicyclic amines) is 2. The summed E-state index contributed by atoms with van der Waals surface area (Å²) in [6, 6.07) is 1.83. The van der Waals surface area contributed by atoms with Gasteiger partial charge in [0.25, 0.3) is 0 Å². The SMILES string of the molecule is CC(CC1CCN(CC(C)NC(C)(C)C)CC1)NC(C)CN1CCCC1. The van der Waals surface area contributed by atoms with Crippen molar-refractivity contribution in [1.82, 2.24) is 20.4 Å². The Bertz CT molecular complexity index is 378. The maximum atomic E-state index is 3.86. The van der Waals surface area contributed by atoms with Crippen molar-refractivity contribution in [3.05, 3.63) is 0 Å². The third-order valence-electron chi connectivity index (χ3n) is 5.91. The molecular weight excluding hydrogens is 320 g/mol. The number of piperidine rings is 1. The van der Waals surface area contributed by atoms with Gasteiger partial charge in [-0.25, -0.2) is 0 Å². The van der Waals surface area contributed by atoms with E-state index in [0.29, 0.717) is 18.1 Å². The Hall–Kier alpha value is -0.160. The maximum absolute atomic E-state index is 3.86. The van der Waals surface area contributed by atoms with Crippen LogP contribution < -0.4 is 10.6 Å². The summed E-state index contributed by atoms with van der Waals surface area (Å²) in [4.78, 5) is 5.28. The van der Waals surface area contributed by atoms with E-state index in [1.807, 2.05) is 0 Å². The van der Waals surface area contributed by atoms with Crippen molar-refractivity contribution in [2.75, 3.05) is 39.3 Å². The first kappa shape index (κ1) is 22.1. The number of nitrogens with zero attached hydrogens (tertiary/aromatic N) is 2. The van der Waals surface area contributed by atoms with Crippen LogP contribution in [0.2, 0.25) is 0 Å². The van der Waals surface area contributed by atoms with Crippen LogP contribution >= 0.6 is 0 Å². The molecule has 26 heavy (non-hydrogen) atoms. The zero-order valence-electron chi connectivity index (χ0n) is 18.5. The topological polar surface area (TPSA) is 30.5 Å². The molecule has 2 saturated heterocycles. The van der Waals surface area contributed by atoms with Gasteiger partial charge in [-0.3, -0.25) is 0 Å². The molecule has 0 aromatic carbocycles. The van der Waals surface area contributed by atoms with Crippen LogP contribution in [0.3, 0.4) is 0 Å². The van der Waals surface area contributed by atoms with Gasteiger partial charge >= 0.3 is 0 Å². The number of hydrogen-bond acceptors (Lipinski definition) is 4. The predicted octanol–water partition coefficient (Wildman–Crippen LogP) is 3.33. The minimum Gasteiger partial charge on any atom is -0.310 e. The highest BCUT2D eigenvalue weighted by molar-refractivity contribution is 4.82. The summed E-state index contributed by atoms with van der Waals surface area (Å²) in [6.07, 6.45) is 6.87. The molecule has 0 aliphatic carbocycles. The van der Waals surface area contributed by atoms with E-state index in [1.165, 1.54) is 71.4 Å². The second kappa shape index (κ2) is 10.4. The lowest BCUT2D eigenvalue weighted by Gasteiger charge is -2.36. The fourth-order valence-corrected chi connectivity index (χ4v) is 5.04. The molecule has 3 atom stereocenters. The molecule has 2 rings (SSSR count). The van der Waals surface area contributed by atoms with E-state index in [0.717, 1.165) is 5.92 Å². The van der Waals surface area contributed by atoms with E-state index in [1.54, 1.807) is 0 Å². The first-order chi connectivity index (χ1) is 12.2. The van der Waals surface area contributed by atoms with E-state index >= 15 is 0 Å². The lowest BCUT2D eigenvalue weighted by Crippen LogP contribution is -2.49. The van der Waals surface area contributed by atoms with Crippen LogP contribution in [0.25, 0.3) is 0 Å². The number of rotatable bonds is 9. The minimum absolute atomic E-state index is 0.213. The molecule has 3 unspecified atom stereocenters. The number of hydrogen-bond donors (Lipinski definition) is 2. The first-order valence-corrected chi connectivity index (χ1v) is 11.2. The molecule has 0 spiro atoms. The second-order valence-corrected chi connectivity index (χ2v) is 10.3. The van der Waals surface area contributed by atoms with Crippen LogP contribution in [-0.2, 0) is 0 Å². The highest BCUT2D eigenvalue weighted by atomic mass is 15.2. The fourth-order valence-electron chi connectivity index (χ4n) is 5.04. The highest BCUT2D eigenvalue weighted by Gasteiger charge is 2.24. The highest BCUT2D eigenvalue weighted by Crippen LogP contribution is 2.22. The van der Waals surface area contributed by atoms with E-state index in [9.17, 15) is 0 Å². The zero-order valence-corrected chi connectivity index (χ0v) is 18.5. The minimum atomic E-state index is 0.213. The largest absolute Gasteiger partial charge is 0.310 e. The second-order valence-electron chi connectivity index (χ2n) is 10.3. The summed E-state index contributed by atoms with van der Waals surface area (Å²) in [5.41, 5.74) is 0.213. The Morgan fingerprint density at radius 2 is 1.35 bits per heavy atom. The lowest BCUT2D eigenvalue weighted by atomic mass is 9.90. The third kappa shape index (κ3) is 8.69. The first-order valence-electron chi connectivity index (χ1n) is 11.2. The summed E-state index contributed by atoms with van der Waals surface area (Å²) in [6.45, 7) is 21.4. The van der Waals surface area contributed by atoms with Crippen molar-refractivity contribution < 1.29 is 0 Å². The molecule has 0 bridgehead atoms. The standard InChI is InChI=1S/C22H46N4/c1-18(23-19(2)16-25-11-7-8-12-25)15-21-9-13-26(14-10-21)17-20(3)24-22(4,5)6/h18-21,23-24H,7-17H2,1-6H3. The molecule has 0 saturated carbocycles. The van der Waals surface area contributed by atoms with Crippen molar-refractivity contribution in [2.24, 2.45) is 5.92 Å². The van der Waals surface area contributed by atoms with Crippen LogP contribution in [0.15, 0.2) is 0 Å². The molecule has 4 heteroatoms. The van der Waals surface area contributed by atoms with E-state index in [2.05, 4.69) is 62.0 Å². The normalized spacial score (nSPS) is 24.7. The van der Waals surface area contributed by atoms with Gasteiger partial charge in [0.2, 0.25) is 0 Å². The molecule has 154 valence electrons. The quantitative estimate of drug-likeness (QED) is 0.655. The van der Waals surface area contributed by atoms with Gasteiger partial charge in [0.05, 0.1) is 0 Å².